The maximum atomic E-state index is 13.0. The monoisotopic (exact) mass is 383 g/mol. The van der Waals surface area contributed by atoms with Crippen molar-refractivity contribution in [1.82, 2.24) is 15.0 Å². The summed E-state index contributed by atoms with van der Waals surface area (Å²) in [6, 6.07) is 12.3. The van der Waals surface area contributed by atoms with E-state index in [1.807, 2.05) is 13.1 Å². The Balaban J connectivity index is 1.43. The van der Waals surface area contributed by atoms with Gasteiger partial charge in [-0.3, -0.25) is 9.69 Å². The fourth-order valence-electron chi connectivity index (χ4n) is 4.46. The fourth-order valence-corrected chi connectivity index (χ4v) is 4.46. The van der Waals surface area contributed by atoms with E-state index in [2.05, 4.69) is 48.2 Å². The van der Waals surface area contributed by atoms with Gasteiger partial charge in [0.2, 0.25) is 0 Å². The summed E-state index contributed by atoms with van der Waals surface area (Å²) >= 11 is 0. The lowest BCUT2D eigenvalue weighted by molar-refractivity contribution is 0.0305. The molecule has 28 heavy (non-hydrogen) atoms. The van der Waals surface area contributed by atoms with Crippen LogP contribution in [0.25, 0.3) is 0 Å². The molecule has 0 radical (unpaired) electrons. The van der Waals surface area contributed by atoms with E-state index < -0.39 is 0 Å². The minimum absolute atomic E-state index is 0.000956. The summed E-state index contributed by atoms with van der Waals surface area (Å²) < 4.78 is 10.8. The number of amides is 1. The molecule has 0 unspecified atom stereocenters. The average Bonchev–Trinajstić information content (AvgIpc) is 3.03. The topological polar surface area (TPSA) is 58.8 Å². The van der Waals surface area contributed by atoms with Crippen LogP contribution in [-0.4, -0.2) is 60.8 Å². The number of nitrogens with zero attached hydrogens (tertiary/aromatic N) is 3. The van der Waals surface area contributed by atoms with Crippen molar-refractivity contribution in [2.45, 2.75) is 32.2 Å². The number of ether oxygens (including phenoxy) is 1. The molecule has 1 saturated heterocycles. The number of benzene rings is 1. The average molecular weight is 383 g/mol. The molecule has 6 nitrogen and oxygen atoms in total. The molecule has 1 aromatic heterocycles. The van der Waals surface area contributed by atoms with Crippen LogP contribution in [0.3, 0.4) is 0 Å². The standard InChI is InChI=1S/C22H29N3O3/c1-21(2)15-22(21,17-7-5-4-6-8-17)16-24(3)20(26)19-13-18(28-23-19)14-25-9-11-27-12-10-25/h4-8,13H,9-12,14-16H2,1-3H3/t22-/m1/s1. The zero-order valence-electron chi connectivity index (χ0n) is 17.0. The number of carbonyl (C=O) groups is 1. The van der Waals surface area contributed by atoms with Crippen molar-refractivity contribution in [2.75, 3.05) is 39.9 Å². The highest BCUT2D eigenvalue weighted by molar-refractivity contribution is 5.92. The van der Waals surface area contributed by atoms with E-state index >= 15 is 0 Å². The van der Waals surface area contributed by atoms with Gasteiger partial charge in [0, 0.05) is 38.2 Å². The molecule has 0 spiro atoms. The maximum absolute atomic E-state index is 13.0. The van der Waals surface area contributed by atoms with Crippen LogP contribution in [0.2, 0.25) is 0 Å². The third kappa shape index (κ3) is 3.59. The summed E-state index contributed by atoms with van der Waals surface area (Å²) in [6.45, 7) is 9.10. The van der Waals surface area contributed by atoms with Crippen LogP contribution in [0.1, 0.15) is 42.1 Å². The Hall–Kier alpha value is -2.18. The number of morpholine rings is 1. The van der Waals surface area contributed by atoms with E-state index in [0.29, 0.717) is 18.8 Å². The molecule has 0 N–H and O–H groups in total. The van der Waals surface area contributed by atoms with Crippen LogP contribution in [-0.2, 0) is 16.7 Å². The molecule has 1 atom stereocenters. The number of hydrogen-bond acceptors (Lipinski definition) is 5. The first kappa shape index (κ1) is 19.2. The molecule has 0 bridgehead atoms. The fraction of sp³-hybridized carbons (Fsp3) is 0.545. The second kappa shape index (κ2) is 7.33. The first-order chi connectivity index (χ1) is 13.4. The molecule has 2 aliphatic rings. The summed E-state index contributed by atoms with van der Waals surface area (Å²) in [5, 5.41) is 4.04. The van der Waals surface area contributed by atoms with Crippen molar-refractivity contribution < 1.29 is 14.1 Å². The van der Waals surface area contributed by atoms with Crippen molar-refractivity contribution in [1.29, 1.82) is 0 Å². The molecule has 2 heterocycles. The lowest BCUT2D eigenvalue weighted by Gasteiger charge is -2.27. The zero-order valence-corrected chi connectivity index (χ0v) is 17.0. The second-order valence-corrected chi connectivity index (χ2v) is 8.74. The minimum Gasteiger partial charge on any atom is -0.379 e. The molecule has 1 aromatic carbocycles. The Kier molecular flexibility index (Phi) is 5.02. The Morgan fingerprint density at radius 3 is 2.54 bits per heavy atom. The highest BCUT2D eigenvalue weighted by atomic mass is 16.5. The van der Waals surface area contributed by atoms with Gasteiger partial charge in [-0.25, -0.2) is 0 Å². The normalized spacial score (nSPS) is 24.1. The van der Waals surface area contributed by atoms with Crippen molar-refractivity contribution >= 4 is 5.91 Å². The van der Waals surface area contributed by atoms with E-state index in [1.165, 1.54) is 5.56 Å². The zero-order chi connectivity index (χ0) is 19.8. The predicted octanol–water partition coefficient (Wildman–Crippen LogP) is 2.95. The van der Waals surface area contributed by atoms with Crippen molar-refractivity contribution in [2.24, 2.45) is 5.41 Å². The van der Waals surface area contributed by atoms with Crippen molar-refractivity contribution in [3.8, 4) is 0 Å². The van der Waals surface area contributed by atoms with Gasteiger partial charge < -0.3 is 14.2 Å². The quantitative estimate of drug-likeness (QED) is 0.768. The Morgan fingerprint density at radius 1 is 1.21 bits per heavy atom. The summed E-state index contributed by atoms with van der Waals surface area (Å²) in [6.07, 6.45) is 1.07. The Labute approximate surface area is 166 Å². The van der Waals surface area contributed by atoms with Gasteiger partial charge in [0.1, 0.15) is 0 Å². The minimum atomic E-state index is -0.0880. The molecule has 1 amide bonds. The Morgan fingerprint density at radius 2 is 1.89 bits per heavy atom. The molecule has 2 aromatic rings. The van der Waals surface area contributed by atoms with Gasteiger partial charge in [0.05, 0.1) is 19.8 Å². The molecule has 150 valence electrons. The summed E-state index contributed by atoms with van der Waals surface area (Å²) in [4.78, 5) is 17.0. The van der Waals surface area contributed by atoms with Crippen LogP contribution < -0.4 is 0 Å². The first-order valence-corrected chi connectivity index (χ1v) is 9.98. The summed E-state index contributed by atoms with van der Waals surface area (Å²) in [5.41, 5.74) is 1.85. The number of rotatable bonds is 6. The van der Waals surface area contributed by atoms with E-state index in [1.54, 1.807) is 11.0 Å². The van der Waals surface area contributed by atoms with E-state index in [0.717, 1.165) is 38.5 Å². The highest BCUT2D eigenvalue weighted by Crippen LogP contribution is 2.64. The van der Waals surface area contributed by atoms with Gasteiger partial charge in [-0.1, -0.05) is 49.3 Å². The van der Waals surface area contributed by atoms with E-state index in [4.69, 9.17) is 9.26 Å². The van der Waals surface area contributed by atoms with Crippen LogP contribution in [0.4, 0.5) is 0 Å². The largest absolute Gasteiger partial charge is 0.379 e. The van der Waals surface area contributed by atoms with Crippen LogP contribution in [0, 0.1) is 5.41 Å². The lowest BCUT2D eigenvalue weighted by Crippen LogP contribution is -2.36. The number of carbonyl (C=O) groups excluding carboxylic acids is 1. The maximum Gasteiger partial charge on any atom is 0.275 e. The van der Waals surface area contributed by atoms with E-state index in [9.17, 15) is 4.79 Å². The molecule has 2 fully saturated rings. The smallest absolute Gasteiger partial charge is 0.275 e. The third-order valence-electron chi connectivity index (χ3n) is 6.36. The summed E-state index contributed by atoms with van der Waals surface area (Å²) in [7, 11) is 1.86. The SMILES string of the molecule is CN(C[C@@]1(c2ccccc2)CC1(C)C)C(=O)c1cc(CN2CCOCC2)on1. The number of likely N-dealkylation sites (N-methyl/N-ethyl adjacent to an activating group) is 1. The van der Waals surface area contributed by atoms with Gasteiger partial charge in [0.25, 0.3) is 5.91 Å². The Bertz CT molecular complexity index is 827. The molecule has 6 heteroatoms. The summed E-state index contributed by atoms with van der Waals surface area (Å²) in [5.74, 6) is 0.637. The third-order valence-corrected chi connectivity index (χ3v) is 6.36. The number of aromatic nitrogens is 1. The van der Waals surface area contributed by atoms with Crippen molar-refractivity contribution in [3.63, 3.8) is 0 Å². The van der Waals surface area contributed by atoms with Gasteiger partial charge in [-0.2, -0.15) is 0 Å². The lowest BCUT2D eigenvalue weighted by atomic mass is 9.87. The van der Waals surface area contributed by atoms with Gasteiger partial charge in [0.15, 0.2) is 11.5 Å². The second-order valence-electron chi connectivity index (χ2n) is 8.74. The van der Waals surface area contributed by atoms with Crippen LogP contribution >= 0.6 is 0 Å². The van der Waals surface area contributed by atoms with Crippen LogP contribution in [0.5, 0.6) is 0 Å². The highest BCUT2D eigenvalue weighted by Gasteiger charge is 2.62. The number of hydrogen-bond donors (Lipinski definition) is 0. The van der Waals surface area contributed by atoms with Gasteiger partial charge >= 0.3 is 0 Å². The molecular weight excluding hydrogens is 354 g/mol. The first-order valence-electron chi connectivity index (χ1n) is 9.98. The van der Waals surface area contributed by atoms with E-state index in [-0.39, 0.29) is 16.7 Å². The van der Waals surface area contributed by atoms with Crippen molar-refractivity contribution in [3.05, 3.63) is 53.4 Å². The predicted molar refractivity (Wildman–Crippen MR) is 106 cm³/mol. The molecule has 4 rings (SSSR count). The molecule has 1 aliphatic heterocycles. The molecular formula is C22H29N3O3. The van der Waals surface area contributed by atoms with Gasteiger partial charge in [-0.15, -0.1) is 0 Å². The van der Waals surface area contributed by atoms with Gasteiger partial charge in [-0.05, 0) is 17.4 Å². The molecule has 1 aliphatic carbocycles. The molecule has 1 saturated carbocycles. The van der Waals surface area contributed by atoms with Crippen LogP contribution in [0.15, 0.2) is 40.9 Å².